The third kappa shape index (κ3) is 2.68. The molecule has 0 saturated heterocycles. The van der Waals surface area contributed by atoms with Crippen molar-refractivity contribution in [3.8, 4) is 0 Å². The summed E-state index contributed by atoms with van der Waals surface area (Å²) in [6, 6.07) is 5.14. The standard InChI is InChI=1S/C12H12N2O2S/c1-8-5-12(16)14(13-6-8)7-10(15)11-4-3-9(2)17-11/h3-6H,7H2,1-2H3. The molecule has 0 unspecified atom stereocenters. The molecule has 0 spiro atoms. The van der Waals surface area contributed by atoms with Crippen molar-refractivity contribution in [2.75, 3.05) is 0 Å². The van der Waals surface area contributed by atoms with Gasteiger partial charge in [-0.25, -0.2) is 4.68 Å². The topological polar surface area (TPSA) is 52.0 Å². The van der Waals surface area contributed by atoms with Crippen molar-refractivity contribution in [3.63, 3.8) is 0 Å². The molecule has 0 fully saturated rings. The summed E-state index contributed by atoms with van der Waals surface area (Å²) in [5.41, 5.74) is 0.553. The summed E-state index contributed by atoms with van der Waals surface area (Å²) < 4.78 is 1.18. The van der Waals surface area contributed by atoms with Crippen LogP contribution in [0.5, 0.6) is 0 Å². The molecule has 5 heteroatoms. The Balaban J connectivity index is 2.21. The number of hydrogen-bond acceptors (Lipinski definition) is 4. The van der Waals surface area contributed by atoms with Gasteiger partial charge >= 0.3 is 0 Å². The quantitative estimate of drug-likeness (QED) is 0.778. The highest BCUT2D eigenvalue weighted by Gasteiger charge is 2.10. The molecule has 0 aliphatic carbocycles. The highest BCUT2D eigenvalue weighted by Crippen LogP contribution is 2.15. The first-order chi connectivity index (χ1) is 8.06. The number of hydrogen-bond donors (Lipinski definition) is 0. The van der Waals surface area contributed by atoms with E-state index >= 15 is 0 Å². The van der Waals surface area contributed by atoms with Crippen molar-refractivity contribution in [3.05, 3.63) is 50.1 Å². The molecular weight excluding hydrogens is 236 g/mol. The minimum absolute atomic E-state index is 0.000926. The SMILES string of the molecule is Cc1cnn(CC(=O)c2ccc(C)s2)c(=O)c1. The van der Waals surface area contributed by atoms with E-state index in [9.17, 15) is 9.59 Å². The van der Waals surface area contributed by atoms with Gasteiger partial charge in [-0.3, -0.25) is 9.59 Å². The van der Waals surface area contributed by atoms with Crippen LogP contribution in [0.25, 0.3) is 0 Å². The van der Waals surface area contributed by atoms with Crippen LogP contribution in [0.4, 0.5) is 0 Å². The van der Waals surface area contributed by atoms with Crippen molar-refractivity contribution < 1.29 is 4.79 Å². The van der Waals surface area contributed by atoms with Crippen LogP contribution in [0.3, 0.4) is 0 Å². The Labute approximate surface area is 103 Å². The minimum Gasteiger partial charge on any atom is -0.291 e. The van der Waals surface area contributed by atoms with Crippen LogP contribution in [0.15, 0.2) is 29.2 Å². The number of ketones is 1. The number of nitrogens with zero attached hydrogens (tertiary/aromatic N) is 2. The number of carbonyl (C=O) groups excluding carboxylic acids is 1. The molecule has 0 saturated carbocycles. The molecule has 17 heavy (non-hydrogen) atoms. The summed E-state index contributed by atoms with van der Waals surface area (Å²) in [4.78, 5) is 25.2. The number of aromatic nitrogens is 2. The lowest BCUT2D eigenvalue weighted by Gasteiger charge is -2.02. The molecule has 0 aromatic carbocycles. The fourth-order valence-electron chi connectivity index (χ4n) is 1.44. The van der Waals surface area contributed by atoms with E-state index in [1.165, 1.54) is 22.1 Å². The van der Waals surface area contributed by atoms with E-state index in [4.69, 9.17) is 0 Å². The average Bonchev–Trinajstić information content (AvgIpc) is 2.69. The fraction of sp³-hybridized carbons (Fsp3) is 0.250. The van der Waals surface area contributed by atoms with Gasteiger partial charge in [0.15, 0.2) is 5.78 Å². The van der Waals surface area contributed by atoms with Crippen LogP contribution in [-0.4, -0.2) is 15.6 Å². The van der Waals surface area contributed by atoms with E-state index in [-0.39, 0.29) is 17.9 Å². The van der Waals surface area contributed by atoms with Gasteiger partial charge in [-0.15, -0.1) is 11.3 Å². The third-order valence-corrected chi connectivity index (χ3v) is 3.36. The van der Waals surface area contributed by atoms with Crippen molar-refractivity contribution in [1.82, 2.24) is 9.78 Å². The first kappa shape index (κ1) is 11.7. The van der Waals surface area contributed by atoms with Gasteiger partial charge in [0.25, 0.3) is 5.56 Å². The summed E-state index contributed by atoms with van der Waals surface area (Å²) >= 11 is 1.43. The molecule has 88 valence electrons. The van der Waals surface area contributed by atoms with E-state index in [1.807, 2.05) is 13.0 Å². The maximum absolute atomic E-state index is 11.9. The highest BCUT2D eigenvalue weighted by atomic mass is 32.1. The summed E-state index contributed by atoms with van der Waals surface area (Å²) in [7, 11) is 0. The Morgan fingerprint density at radius 3 is 2.76 bits per heavy atom. The van der Waals surface area contributed by atoms with Gasteiger partial charge < -0.3 is 0 Å². The summed E-state index contributed by atoms with van der Waals surface area (Å²) in [6.07, 6.45) is 1.58. The van der Waals surface area contributed by atoms with Gasteiger partial charge in [0.1, 0.15) is 6.54 Å². The molecule has 0 N–H and O–H groups in total. The Morgan fingerprint density at radius 2 is 2.18 bits per heavy atom. The Morgan fingerprint density at radius 1 is 1.41 bits per heavy atom. The van der Waals surface area contributed by atoms with Gasteiger partial charge in [0.2, 0.25) is 0 Å². The van der Waals surface area contributed by atoms with Crippen molar-refractivity contribution >= 4 is 17.1 Å². The van der Waals surface area contributed by atoms with E-state index in [0.717, 1.165) is 10.4 Å². The normalized spacial score (nSPS) is 10.5. The predicted molar refractivity (Wildman–Crippen MR) is 66.6 cm³/mol. The second kappa shape index (κ2) is 4.63. The number of thiophene rings is 1. The van der Waals surface area contributed by atoms with Gasteiger partial charge in [-0.1, -0.05) is 0 Å². The molecule has 4 nitrogen and oxygen atoms in total. The highest BCUT2D eigenvalue weighted by molar-refractivity contribution is 7.14. The predicted octanol–water partition coefficient (Wildman–Crippen LogP) is 1.80. The minimum atomic E-state index is -0.244. The molecular formula is C12H12N2O2S. The van der Waals surface area contributed by atoms with Gasteiger partial charge in [-0.2, -0.15) is 5.10 Å². The zero-order valence-corrected chi connectivity index (χ0v) is 10.5. The molecule has 2 rings (SSSR count). The number of rotatable bonds is 3. The molecule has 2 aromatic heterocycles. The smallest absolute Gasteiger partial charge is 0.267 e. The Bertz CT molecular complexity index is 613. The summed E-state index contributed by atoms with van der Waals surface area (Å²) in [5, 5.41) is 3.94. The van der Waals surface area contributed by atoms with Gasteiger partial charge in [0, 0.05) is 10.9 Å². The molecule has 0 aliphatic rings. The number of aryl methyl sites for hydroxylation is 2. The Kier molecular flexibility index (Phi) is 3.19. The molecule has 2 aromatic rings. The summed E-state index contributed by atoms with van der Waals surface area (Å²) in [6.45, 7) is 3.74. The largest absolute Gasteiger partial charge is 0.291 e. The summed E-state index contributed by atoms with van der Waals surface area (Å²) in [5.74, 6) is -0.0819. The van der Waals surface area contributed by atoms with Crippen LogP contribution >= 0.6 is 11.3 Å². The lowest BCUT2D eigenvalue weighted by Crippen LogP contribution is -2.25. The maximum atomic E-state index is 11.9. The van der Waals surface area contributed by atoms with Crippen LogP contribution in [0, 0.1) is 13.8 Å². The van der Waals surface area contributed by atoms with Crippen LogP contribution in [0.1, 0.15) is 20.1 Å². The molecule has 2 heterocycles. The zero-order valence-electron chi connectivity index (χ0n) is 9.64. The molecule has 0 bridgehead atoms. The molecule has 0 aliphatic heterocycles. The molecule has 0 atom stereocenters. The fourth-order valence-corrected chi connectivity index (χ4v) is 2.24. The average molecular weight is 248 g/mol. The van der Waals surface area contributed by atoms with Crippen LogP contribution < -0.4 is 5.56 Å². The number of carbonyl (C=O) groups is 1. The van der Waals surface area contributed by atoms with Crippen molar-refractivity contribution in [2.24, 2.45) is 0 Å². The molecule has 0 radical (unpaired) electrons. The van der Waals surface area contributed by atoms with Gasteiger partial charge in [0.05, 0.1) is 11.1 Å². The maximum Gasteiger partial charge on any atom is 0.267 e. The molecule has 0 amide bonds. The third-order valence-electron chi connectivity index (χ3n) is 2.31. The first-order valence-corrected chi connectivity index (χ1v) is 6.01. The van der Waals surface area contributed by atoms with E-state index in [2.05, 4.69) is 5.10 Å². The second-order valence-corrected chi connectivity index (χ2v) is 5.15. The second-order valence-electron chi connectivity index (χ2n) is 3.86. The zero-order chi connectivity index (χ0) is 12.4. The lowest BCUT2D eigenvalue weighted by molar-refractivity contribution is 0.0969. The van der Waals surface area contributed by atoms with Crippen molar-refractivity contribution in [2.45, 2.75) is 20.4 Å². The Hall–Kier alpha value is -1.75. The van der Waals surface area contributed by atoms with E-state index in [0.29, 0.717) is 4.88 Å². The monoisotopic (exact) mass is 248 g/mol. The lowest BCUT2D eigenvalue weighted by atomic mass is 10.3. The van der Waals surface area contributed by atoms with Crippen LogP contribution in [-0.2, 0) is 6.54 Å². The number of Topliss-reactive ketones (excluding diaryl/α,β-unsaturated/α-hetero) is 1. The first-order valence-electron chi connectivity index (χ1n) is 5.19. The van der Waals surface area contributed by atoms with Crippen LogP contribution in [0.2, 0.25) is 0 Å². The van der Waals surface area contributed by atoms with Gasteiger partial charge in [-0.05, 0) is 31.5 Å². The van der Waals surface area contributed by atoms with E-state index < -0.39 is 0 Å². The van der Waals surface area contributed by atoms with Crippen molar-refractivity contribution in [1.29, 1.82) is 0 Å². The van der Waals surface area contributed by atoms with E-state index in [1.54, 1.807) is 19.2 Å².